The Morgan fingerprint density at radius 1 is 0.703 bits per heavy atom. The van der Waals surface area contributed by atoms with E-state index in [4.69, 9.17) is 68.0 Å². The van der Waals surface area contributed by atoms with Crippen LogP contribution in [0.2, 0.25) is 0 Å². The molecule has 64 heavy (non-hydrogen) atoms. The van der Waals surface area contributed by atoms with Gasteiger partial charge in [-0.1, -0.05) is 83.3 Å². The van der Waals surface area contributed by atoms with Crippen LogP contribution in [0.3, 0.4) is 0 Å². The molecule has 0 unspecified atom stereocenters. The Kier molecular flexibility index (Phi) is 16.3. The summed E-state index contributed by atoms with van der Waals surface area (Å²) in [6, 6.07) is 10.2. The molecule has 346 valence electrons. The fourth-order valence-corrected chi connectivity index (χ4v) is 6.92. The van der Waals surface area contributed by atoms with Gasteiger partial charge in [0.25, 0.3) is 0 Å². The molecule has 3 aromatic rings. The average Bonchev–Trinajstić information content (AvgIpc) is 3.55. The summed E-state index contributed by atoms with van der Waals surface area (Å²) in [4.78, 5) is 77.0. The fourth-order valence-electron chi connectivity index (χ4n) is 6.76. The van der Waals surface area contributed by atoms with Crippen molar-refractivity contribution in [3.63, 3.8) is 0 Å². The van der Waals surface area contributed by atoms with Gasteiger partial charge in [0, 0.05) is 26.7 Å². The lowest BCUT2D eigenvalue weighted by molar-refractivity contribution is -0.287. The van der Waals surface area contributed by atoms with Gasteiger partial charge in [-0.15, -0.1) is 0 Å². The number of rotatable bonds is 14. The molecule has 24 heteroatoms. The highest BCUT2D eigenvalue weighted by Crippen LogP contribution is 2.44. The van der Waals surface area contributed by atoms with Gasteiger partial charge in [0.2, 0.25) is 38.6 Å². The molecule has 1 aliphatic carbocycles. The van der Waals surface area contributed by atoms with Gasteiger partial charge in [-0.25, -0.2) is 27.6 Å². The van der Waals surface area contributed by atoms with Gasteiger partial charge < -0.3 is 48.5 Å². The van der Waals surface area contributed by atoms with Gasteiger partial charge in [-0.2, -0.15) is 8.78 Å². The summed E-state index contributed by atoms with van der Waals surface area (Å²) < 4.78 is 113. The van der Waals surface area contributed by atoms with Crippen molar-refractivity contribution in [2.24, 2.45) is 0 Å². The monoisotopic (exact) mass is 968 g/mol. The normalized spacial score (nSPS) is 20.1. The molecule has 0 bridgehead atoms. The molecular weight excluding hydrogens is 934 g/mol. The lowest BCUT2D eigenvalue weighted by Crippen LogP contribution is -2.67. The van der Waals surface area contributed by atoms with Crippen molar-refractivity contribution in [1.82, 2.24) is 10.6 Å². The zero-order chi connectivity index (χ0) is 47.2. The molecule has 2 N–H and O–H groups in total. The van der Waals surface area contributed by atoms with E-state index in [1.54, 1.807) is 36.4 Å². The molecule has 0 saturated carbocycles. The maximum Gasteiger partial charge on any atom is 0.407 e. The summed E-state index contributed by atoms with van der Waals surface area (Å²) in [7, 11) is 0. The van der Waals surface area contributed by atoms with E-state index in [2.05, 4.69) is 15.4 Å². The molecule has 16 nitrogen and oxygen atoms in total. The van der Waals surface area contributed by atoms with Crippen LogP contribution in [0.15, 0.2) is 48.5 Å². The van der Waals surface area contributed by atoms with Crippen LogP contribution in [0, 0.1) is 29.1 Å². The van der Waals surface area contributed by atoms with Crippen molar-refractivity contribution in [2.75, 3.05) is 19.8 Å². The van der Waals surface area contributed by atoms with Crippen molar-refractivity contribution >= 4 is 70.9 Å². The number of nitrogens with one attached hydrogen (secondary N) is 2. The Morgan fingerprint density at radius 3 is 1.77 bits per heavy atom. The van der Waals surface area contributed by atoms with Crippen LogP contribution in [0.25, 0.3) is 11.1 Å². The number of halogens is 8. The molecular formula is C40H36Cl3F5N2O14. The van der Waals surface area contributed by atoms with E-state index in [-0.39, 0.29) is 6.61 Å². The Bertz CT molecular complexity index is 2210. The van der Waals surface area contributed by atoms with Crippen molar-refractivity contribution in [3.05, 3.63) is 88.7 Å². The summed E-state index contributed by atoms with van der Waals surface area (Å²) in [5.74, 6) is -20.1. The summed E-state index contributed by atoms with van der Waals surface area (Å²) in [6.45, 7) is 1.91. The summed E-state index contributed by atoms with van der Waals surface area (Å²) in [6.07, 6.45) is -11.9. The maximum atomic E-state index is 14.8. The fraction of sp³-hybridized carbons (Fsp3) is 0.400. The molecule has 2 amide bonds. The maximum absolute atomic E-state index is 14.8. The number of hydrogen-bond donors (Lipinski definition) is 2. The highest BCUT2D eigenvalue weighted by molar-refractivity contribution is 6.67. The number of esters is 4. The van der Waals surface area contributed by atoms with Gasteiger partial charge in [0.05, 0.1) is 6.10 Å². The predicted octanol–water partition coefficient (Wildman–Crippen LogP) is 6.22. The largest absolute Gasteiger partial charge is 0.463 e. The van der Waals surface area contributed by atoms with E-state index in [9.17, 15) is 50.7 Å². The molecule has 2 aliphatic rings. The average molecular weight is 970 g/mol. The standard InChI is InChI=1S/C40H36Cl3F5N2O14/c1-16(60-37-32(50-39(56)59-15-40(41,42)43)35(62-19(4)53)33(61-18(3)52)25(63-37)14-57-17(2)51)31(36(54)64-34-29(47)27(45)26(44)28(46)30(34)48)49-38(55)58-13-24-22-11-7-5-9-20(22)21-10-6-8-12-23(21)24/h5-12,16,24-25,31-33,35,37H,13-15H2,1-4H3,(H,49,55)(H,50,56)/t16-,25-,31+,32-,33-,35-,37-/m1/s1. The molecule has 3 aromatic carbocycles. The van der Waals surface area contributed by atoms with Gasteiger partial charge in [0.15, 0.2) is 24.5 Å². The number of alkyl carbamates (subject to hydrolysis) is 2. The second-order valence-corrected chi connectivity index (χ2v) is 16.5. The molecule has 5 rings (SSSR count). The number of fused-ring (bicyclic) bond motifs is 3. The van der Waals surface area contributed by atoms with Crippen molar-refractivity contribution < 1.29 is 88.6 Å². The summed E-state index contributed by atoms with van der Waals surface area (Å²) in [5.41, 5.74) is 3.24. The van der Waals surface area contributed by atoms with Crippen LogP contribution in [0.5, 0.6) is 5.75 Å². The molecule has 1 aliphatic heterocycles. The van der Waals surface area contributed by atoms with Crippen molar-refractivity contribution in [1.29, 1.82) is 0 Å². The molecule has 1 saturated heterocycles. The molecule has 1 heterocycles. The molecule has 1 fully saturated rings. The topological polar surface area (TPSA) is 200 Å². The minimum atomic E-state index is -2.57. The second kappa shape index (κ2) is 21.0. The van der Waals surface area contributed by atoms with Gasteiger partial charge >= 0.3 is 36.1 Å². The van der Waals surface area contributed by atoms with E-state index >= 15 is 0 Å². The van der Waals surface area contributed by atoms with Crippen LogP contribution in [0.1, 0.15) is 44.7 Å². The first-order chi connectivity index (χ1) is 30.1. The highest BCUT2D eigenvalue weighted by atomic mass is 35.6. The third-order valence-corrected chi connectivity index (χ3v) is 9.74. The lowest BCUT2D eigenvalue weighted by Gasteiger charge is -2.45. The Labute approximate surface area is 374 Å². The first kappa shape index (κ1) is 49.5. The van der Waals surface area contributed by atoms with Gasteiger partial charge in [0.1, 0.15) is 32.0 Å². The van der Waals surface area contributed by atoms with E-state index in [0.717, 1.165) is 49.9 Å². The number of carbonyl (C=O) groups excluding carboxylic acids is 6. The SMILES string of the molecule is CC(=O)OC[C@H]1O[C@@H](O[C@H](C)[C@H](NC(=O)OCC2c3ccccc3-c3ccccc32)C(=O)Oc2c(F)c(F)c(F)c(F)c2F)[C@H](NC(=O)OCC(Cl)(Cl)Cl)[C@@H](OC(C)=O)[C@@H]1OC(C)=O. The number of alkyl halides is 3. The highest BCUT2D eigenvalue weighted by Gasteiger charge is 2.53. The summed E-state index contributed by atoms with van der Waals surface area (Å²) in [5, 5.41) is 4.33. The number of benzene rings is 3. The number of ether oxygens (including phenoxy) is 8. The van der Waals surface area contributed by atoms with Crippen LogP contribution in [-0.4, -0.2) is 102 Å². The molecule has 7 atom stereocenters. The third kappa shape index (κ3) is 12.0. The summed E-state index contributed by atoms with van der Waals surface area (Å²) >= 11 is 17.1. The Balaban J connectivity index is 1.51. The van der Waals surface area contributed by atoms with E-state index in [1.807, 2.05) is 12.1 Å². The lowest BCUT2D eigenvalue weighted by atomic mass is 9.96. The number of carbonyl (C=O) groups is 6. The zero-order valence-electron chi connectivity index (χ0n) is 33.6. The Morgan fingerprint density at radius 2 is 1.23 bits per heavy atom. The first-order valence-electron chi connectivity index (χ1n) is 18.7. The van der Waals surface area contributed by atoms with Crippen molar-refractivity contribution in [2.45, 2.75) is 80.2 Å². The van der Waals surface area contributed by atoms with E-state index in [0.29, 0.717) is 0 Å². The number of hydrogen-bond acceptors (Lipinski definition) is 14. The quantitative estimate of drug-likeness (QED) is 0.0351. The van der Waals surface area contributed by atoms with Crippen LogP contribution >= 0.6 is 34.8 Å². The smallest absolute Gasteiger partial charge is 0.407 e. The zero-order valence-corrected chi connectivity index (χ0v) is 35.9. The molecule has 0 radical (unpaired) electrons. The number of amides is 2. The van der Waals surface area contributed by atoms with E-state index < -0.39 is 137 Å². The third-order valence-electron chi connectivity index (χ3n) is 9.41. The Hall–Kier alpha value is -5.48. The first-order valence-corrected chi connectivity index (χ1v) is 19.8. The molecule has 0 aromatic heterocycles. The predicted molar refractivity (Wildman–Crippen MR) is 209 cm³/mol. The van der Waals surface area contributed by atoms with Gasteiger partial charge in [-0.3, -0.25) is 14.4 Å². The van der Waals surface area contributed by atoms with Crippen LogP contribution in [-0.2, 0) is 52.3 Å². The van der Waals surface area contributed by atoms with E-state index in [1.165, 1.54) is 0 Å². The second-order valence-electron chi connectivity index (χ2n) is 14.0. The van der Waals surface area contributed by atoms with Crippen LogP contribution < -0.4 is 15.4 Å². The van der Waals surface area contributed by atoms with Crippen LogP contribution in [0.4, 0.5) is 31.5 Å². The minimum Gasteiger partial charge on any atom is -0.463 e. The van der Waals surface area contributed by atoms with Gasteiger partial charge in [-0.05, 0) is 29.2 Å². The van der Waals surface area contributed by atoms with Crippen molar-refractivity contribution in [3.8, 4) is 16.9 Å². The molecule has 0 spiro atoms. The minimum absolute atomic E-state index is 0.359.